The molecule has 0 aliphatic rings. The van der Waals surface area contributed by atoms with Gasteiger partial charge in [-0.1, -0.05) is 6.92 Å². The van der Waals surface area contributed by atoms with Gasteiger partial charge in [-0.15, -0.1) is 0 Å². The maximum atomic E-state index is 10.8. The van der Waals surface area contributed by atoms with Crippen molar-refractivity contribution in [1.82, 2.24) is 0 Å². The standard InChI is InChI=1S/C8H16O2/c1-5-6-7(9)10-8(2,3)4/h5-6H2,1-4H3. The molecular weight excluding hydrogens is 128 g/mol. The Bertz CT molecular complexity index is 111. The van der Waals surface area contributed by atoms with Gasteiger partial charge in [-0.05, 0) is 27.2 Å². The zero-order chi connectivity index (χ0) is 8.20. The average molecular weight is 144 g/mol. The molecule has 0 aliphatic heterocycles. The predicted octanol–water partition coefficient (Wildman–Crippen LogP) is 2.13. The van der Waals surface area contributed by atoms with Crippen molar-refractivity contribution in [1.29, 1.82) is 0 Å². The van der Waals surface area contributed by atoms with E-state index in [4.69, 9.17) is 4.74 Å². The van der Waals surface area contributed by atoms with E-state index < -0.39 is 0 Å². The van der Waals surface area contributed by atoms with Crippen LogP contribution in [0.25, 0.3) is 0 Å². The fraction of sp³-hybridized carbons (Fsp3) is 0.875. The third-order valence-corrected chi connectivity index (χ3v) is 0.874. The van der Waals surface area contributed by atoms with E-state index in [2.05, 4.69) is 0 Å². The number of hydrogen-bond acceptors (Lipinski definition) is 2. The molecule has 0 saturated carbocycles. The molecule has 0 radical (unpaired) electrons. The fourth-order valence-corrected chi connectivity index (χ4v) is 0.597. The van der Waals surface area contributed by atoms with Crippen LogP contribution in [0.1, 0.15) is 40.5 Å². The highest BCUT2D eigenvalue weighted by Gasteiger charge is 2.14. The molecule has 0 saturated heterocycles. The van der Waals surface area contributed by atoms with Gasteiger partial charge in [0.15, 0.2) is 0 Å². The number of carbonyl (C=O) groups is 1. The van der Waals surface area contributed by atoms with E-state index >= 15 is 0 Å². The molecule has 0 fully saturated rings. The summed E-state index contributed by atoms with van der Waals surface area (Å²) in [6, 6.07) is 0. The van der Waals surface area contributed by atoms with Crippen LogP contribution < -0.4 is 0 Å². The Labute approximate surface area is 62.6 Å². The molecule has 2 heteroatoms. The number of ether oxygens (including phenoxy) is 1. The molecule has 0 bridgehead atoms. The van der Waals surface area contributed by atoms with E-state index in [-0.39, 0.29) is 11.6 Å². The van der Waals surface area contributed by atoms with Crippen molar-refractivity contribution in [3.63, 3.8) is 0 Å². The third-order valence-electron chi connectivity index (χ3n) is 0.874. The summed E-state index contributed by atoms with van der Waals surface area (Å²) in [6.45, 7) is 7.59. The average Bonchev–Trinajstić information content (AvgIpc) is 1.59. The smallest absolute Gasteiger partial charge is 0.306 e. The van der Waals surface area contributed by atoms with Crippen molar-refractivity contribution >= 4 is 5.97 Å². The van der Waals surface area contributed by atoms with Crippen molar-refractivity contribution in [2.75, 3.05) is 0 Å². The van der Waals surface area contributed by atoms with E-state index in [1.165, 1.54) is 0 Å². The van der Waals surface area contributed by atoms with Crippen LogP contribution in [0.4, 0.5) is 0 Å². The number of hydrogen-bond donors (Lipinski definition) is 0. The molecule has 10 heavy (non-hydrogen) atoms. The summed E-state index contributed by atoms with van der Waals surface area (Å²) in [5.74, 6) is -0.102. The van der Waals surface area contributed by atoms with Crippen LogP contribution in [0.15, 0.2) is 0 Å². The summed E-state index contributed by atoms with van der Waals surface area (Å²) in [4.78, 5) is 10.8. The zero-order valence-corrected chi connectivity index (χ0v) is 7.23. The molecule has 0 spiro atoms. The summed E-state index contributed by atoms with van der Waals surface area (Å²) >= 11 is 0. The Morgan fingerprint density at radius 2 is 1.90 bits per heavy atom. The Balaban J connectivity index is 3.58. The van der Waals surface area contributed by atoms with Gasteiger partial charge in [-0.3, -0.25) is 4.79 Å². The number of esters is 1. The van der Waals surface area contributed by atoms with Crippen LogP contribution in [0.2, 0.25) is 0 Å². The normalized spacial score (nSPS) is 11.2. The Morgan fingerprint density at radius 1 is 1.40 bits per heavy atom. The lowest BCUT2D eigenvalue weighted by molar-refractivity contribution is -0.154. The summed E-state index contributed by atoms with van der Waals surface area (Å²) < 4.78 is 5.04. The van der Waals surface area contributed by atoms with Crippen LogP contribution >= 0.6 is 0 Å². The molecule has 0 amide bonds. The molecular formula is C8H16O2. The van der Waals surface area contributed by atoms with Gasteiger partial charge in [0, 0.05) is 6.42 Å². The first-order valence-corrected chi connectivity index (χ1v) is 3.67. The van der Waals surface area contributed by atoms with Crippen molar-refractivity contribution in [3.05, 3.63) is 0 Å². The second-order valence-electron chi connectivity index (χ2n) is 3.34. The van der Waals surface area contributed by atoms with Crippen LogP contribution in [0, 0.1) is 0 Å². The second-order valence-corrected chi connectivity index (χ2v) is 3.34. The molecule has 60 valence electrons. The molecule has 0 aromatic rings. The van der Waals surface area contributed by atoms with E-state index in [0.29, 0.717) is 6.42 Å². The van der Waals surface area contributed by atoms with Gasteiger partial charge >= 0.3 is 5.97 Å². The molecule has 2 nitrogen and oxygen atoms in total. The number of carbonyl (C=O) groups excluding carboxylic acids is 1. The first-order valence-electron chi connectivity index (χ1n) is 3.67. The largest absolute Gasteiger partial charge is 0.460 e. The summed E-state index contributed by atoms with van der Waals surface area (Å²) in [7, 11) is 0. The van der Waals surface area contributed by atoms with Gasteiger partial charge in [0.25, 0.3) is 0 Å². The van der Waals surface area contributed by atoms with Gasteiger partial charge in [-0.2, -0.15) is 0 Å². The van der Waals surface area contributed by atoms with Crippen LogP contribution in [-0.4, -0.2) is 11.6 Å². The van der Waals surface area contributed by atoms with Crippen LogP contribution in [-0.2, 0) is 9.53 Å². The molecule has 0 atom stereocenters. The minimum absolute atomic E-state index is 0.102. The van der Waals surface area contributed by atoms with E-state index in [1.54, 1.807) is 0 Å². The monoisotopic (exact) mass is 144 g/mol. The topological polar surface area (TPSA) is 26.3 Å². The third kappa shape index (κ3) is 5.60. The van der Waals surface area contributed by atoms with Crippen molar-refractivity contribution in [2.45, 2.75) is 46.1 Å². The molecule has 0 rings (SSSR count). The quantitative estimate of drug-likeness (QED) is 0.555. The fourth-order valence-electron chi connectivity index (χ4n) is 0.597. The van der Waals surface area contributed by atoms with E-state index in [9.17, 15) is 4.79 Å². The molecule has 0 N–H and O–H groups in total. The summed E-state index contributed by atoms with van der Waals surface area (Å²) in [5.41, 5.74) is -0.327. The van der Waals surface area contributed by atoms with Gasteiger partial charge in [0.05, 0.1) is 0 Å². The van der Waals surface area contributed by atoms with Crippen molar-refractivity contribution in [2.24, 2.45) is 0 Å². The Morgan fingerprint density at radius 3 is 2.20 bits per heavy atom. The zero-order valence-electron chi connectivity index (χ0n) is 7.23. The van der Waals surface area contributed by atoms with Gasteiger partial charge in [-0.25, -0.2) is 0 Å². The van der Waals surface area contributed by atoms with Gasteiger partial charge in [0.2, 0.25) is 0 Å². The number of rotatable bonds is 2. The Kier molecular flexibility index (Phi) is 3.40. The first kappa shape index (κ1) is 9.47. The minimum atomic E-state index is -0.327. The summed E-state index contributed by atoms with van der Waals surface area (Å²) in [5, 5.41) is 0. The lowest BCUT2D eigenvalue weighted by Crippen LogP contribution is -2.23. The van der Waals surface area contributed by atoms with E-state index in [0.717, 1.165) is 6.42 Å². The van der Waals surface area contributed by atoms with Gasteiger partial charge < -0.3 is 4.74 Å². The molecule has 0 heterocycles. The highest BCUT2D eigenvalue weighted by atomic mass is 16.6. The molecule has 0 unspecified atom stereocenters. The lowest BCUT2D eigenvalue weighted by Gasteiger charge is -2.18. The molecule has 0 aromatic carbocycles. The maximum absolute atomic E-state index is 10.8. The minimum Gasteiger partial charge on any atom is -0.460 e. The highest BCUT2D eigenvalue weighted by molar-refractivity contribution is 5.69. The Hall–Kier alpha value is -0.530. The highest BCUT2D eigenvalue weighted by Crippen LogP contribution is 2.08. The lowest BCUT2D eigenvalue weighted by atomic mass is 10.2. The molecule has 0 aliphatic carbocycles. The SMILES string of the molecule is CCCC(=O)OC(C)(C)C. The van der Waals surface area contributed by atoms with Crippen molar-refractivity contribution < 1.29 is 9.53 Å². The molecule has 0 aromatic heterocycles. The van der Waals surface area contributed by atoms with Gasteiger partial charge in [0.1, 0.15) is 5.60 Å². The van der Waals surface area contributed by atoms with Crippen molar-refractivity contribution in [3.8, 4) is 0 Å². The summed E-state index contributed by atoms with van der Waals surface area (Å²) in [6.07, 6.45) is 1.38. The van der Waals surface area contributed by atoms with E-state index in [1.807, 2.05) is 27.7 Å². The predicted molar refractivity (Wildman–Crippen MR) is 40.8 cm³/mol. The van der Waals surface area contributed by atoms with Crippen LogP contribution in [0.3, 0.4) is 0 Å². The maximum Gasteiger partial charge on any atom is 0.306 e. The first-order chi connectivity index (χ1) is 4.45. The van der Waals surface area contributed by atoms with Crippen LogP contribution in [0.5, 0.6) is 0 Å². The second kappa shape index (κ2) is 3.59.